The van der Waals surface area contributed by atoms with Crippen LogP contribution in [-0.2, 0) is 4.74 Å². The third-order valence-electron chi connectivity index (χ3n) is 5.00. The lowest BCUT2D eigenvalue weighted by atomic mass is 9.84. The highest BCUT2D eigenvalue weighted by Gasteiger charge is 2.37. The zero-order chi connectivity index (χ0) is 14.2. The predicted octanol–water partition coefficient (Wildman–Crippen LogP) is 2.69. The Morgan fingerprint density at radius 3 is 2.62 bits per heavy atom. The Morgan fingerprint density at radius 2 is 1.90 bits per heavy atom. The van der Waals surface area contributed by atoms with Crippen molar-refractivity contribution in [3.63, 3.8) is 0 Å². The van der Waals surface area contributed by atoms with E-state index >= 15 is 0 Å². The molecule has 2 unspecified atom stereocenters. The highest BCUT2D eigenvalue weighted by atomic mass is 16.5. The minimum Gasteiger partial charge on any atom is -0.497 e. The van der Waals surface area contributed by atoms with E-state index in [4.69, 9.17) is 9.47 Å². The Morgan fingerprint density at radius 1 is 1.10 bits per heavy atom. The fourth-order valence-corrected chi connectivity index (χ4v) is 3.68. The normalized spacial score (nSPS) is 26.7. The van der Waals surface area contributed by atoms with Crippen molar-refractivity contribution >= 4 is 10.9 Å². The second-order valence-electron chi connectivity index (χ2n) is 6.01. The van der Waals surface area contributed by atoms with Gasteiger partial charge in [-0.1, -0.05) is 0 Å². The zero-order valence-electron chi connectivity index (χ0n) is 12.5. The number of fused-ring (bicyclic) bond motifs is 1. The first kappa shape index (κ1) is 13.2. The second-order valence-corrected chi connectivity index (χ2v) is 6.01. The van der Waals surface area contributed by atoms with Crippen molar-refractivity contribution in [2.24, 2.45) is 0 Å². The van der Waals surface area contributed by atoms with Gasteiger partial charge in [0, 0.05) is 42.3 Å². The lowest BCUT2D eigenvalue weighted by Crippen LogP contribution is -2.51. The average molecular weight is 286 g/mol. The van der Waals surface area contributed by atoms with Gasteiger partial charge in [-0.15, -0.1) is 0 Å². The van der Waals surface area contributed by atoms with E-state index in [-0.39, 0.29) is 0 Å². The summed E-state index contributed by atoms with van der Waals surface area (Å²) in [5, 5.41) is 1.27. The number of benzene rings is 1. The largest absolute Gasteiger partial charge is 0.497 e. The lowest BCUT2D eigenvalue weighted by molar-refractivity contribution is -0.0210. The molecule has 112 valence electrons. The lowest BCUT2D eigenvalue weighted by Gasteiger charge is -2.46. The molecule has 1 aromatic carbocycles. The number of morpholine rings is 1. The Labute approximate surface area is 125 Å². The maximum atomic E-state index is 5.48. The summed E-state index contributed by atoms with van der Waals surface area (Å²) < 4.78 is 13.3. The van der Waals surface area contributed by atoms with E-state index in [1.165, 1.54) is 23.7 Å². The first-order valence-electron chi connectivity index (χ1n) is 7.83. The van der Waals surface area contributed by atoms with Crippen molar-refractivity contribution in [2.75, 3.05) is 33.4 Å². The molecule has 1 aliphatic heterocycles. The molecule has 0 N–H and O–H groups in total. The van der Waals surface area contributed by atoms with Crippen molar-refractivity contribution in [1.82, 2.24) is 9.47 Å². The van der Waals surface area contributed by atoms with Gasteiger partial charge in [-0.25, -0.2) is 0 Å². The highest BCUT2D eigenvalue weighted by Crippen LogP contribution is 2.39. The van der Waals surface area contributed by atoms with Gasteiger partial charge in [0.1, 0.15) is 5.75 Å². The Bertz CT molecular complexity index is 631. The Balaban J connectivity index is 1.61. The quantitative estimate of drug-likeness (QED) is 0.868. The van der Waals surface area contributed by atoms with Crippen LogP contribution >= 0.6 is 0 Å². The predicted molar refractivity (Wildman–Crippen MR) is 82.9 cm³/mol. The standard InChI is InChI=1S/C17H22N2O2/c1-20-14-2-3-15-13(12-14)6-7-19(15)17-5-4-16(17)18-8-10-21-11-9-18/h2-3,6-7,12,16-17H,4-5,8-11H2,1H3. The molecule has 2 fully saturated rings. The molecule has 1 aliphatic carbocycles. The van der Waals surface area contributed by atoms with Gasteiger partial charge < -0.3 is 14.0 Å². The molecule has 0 bridgehead atoms. The maximum absolute atomic E-state index is 5.48. The van der Waals surface area contributed by atoms with E-state index in [0.717, 1.165) is 32.1 Å². The van der Waals surface area contributed by atoms with Gasteiger partial charge in [-0.3, -0.25) is 4.90 Å². The topological polar surface area (TPSA) is 26.6 Å². The van der Waals surface area contributed by atoms with E-state index in [0.29, 0.717) is 12.1 Å². The van der Waals surface area contributed by atoms with E-state index in [9.17, 15) is 0 Å². The van der Waals surface area contributed by atoms with Crippen LogP contribution in [0.3, 0.4) is 0 Å². The monoisotopic (exact) mass is 286 g/mol. The summed E-state index contributed by atoms with van der Waals surface area (Å²) in [6.45, 7) is 3.92. The SMILES string of the molecule is COc1ccc2c(ccn2C2CCC2N2CCOCC2)c1. The number of aromatic nitrogens is 1. The van der Waals surface area contributed by atoms with Crippen molar-refractivity contribution in [1.29, 1.82) is 0 Å². The Kier molecular flexibility index (Phi) is 3.36. The molecule has 1 saturated carbocycles. The first-order chi connectivity index (χ1) is 10.4. The van der Waals surface area contributed by atoms with Crippen LogP contribution in [0.15, 0.2) is 30.5 Å². The van der Waals surface area contributed by atoms with Crippen molar-refractivity contribution in [2.45, 2.75) is 24.9 Å². The van der Waals surface area contributed by atoms with E-state index in [1.807, 2.05) is 0 Å². The van der Waals surface area contributed by atoms with Crippen molar-refractivity contribution in [3.8, 4) is 5.75 Å². The third kappa shape index (κ3) is 2.23. The van der Waals surface area contributed by atoms with E-state index in [1.54, 1.807) is 7.11 Å². The number of hydrogen-bond donors (Lipinski definition) is 0. The van der Waals surface area contributed by atoms with Gasteiger partial charge in [0.2, 0.25) is 0 Å². The Hall–Kier alpha value is -1.52. The summed E-state index contributed by atoms with van der Waals surface area (Å²) >= 11 is 0. The van der Waals surface area contributed by atoms with E-state index in [2.05, 4.69) is 39.9 Å². The van der Waals surface area contributed by atoms with Crippen LogP contribution in [0.25, 0.3) is 10.9 Å². The van der Waals surface area contributed by atoms with Crippen LogP contribution in [-0.4, -0.2) is 48.9 Å². The molecule has 2 atom stereocenters. The van der Waals surface area contributed by atoms with Crippen LogP contribution in [0.5, 0.6) is 5.75 Å². The minimum atomic E-state index is 0.606. The van der Waals surface area contributed by atoms with Crippen LogP contribution in [0.4, 0.5) is 0 Å². The number of nitrogens with zero attached hydrogens (tertiary/aromatic N) is 2. The first-order valence-corrected chi connectivity index (χ1v) is 7.83. The molecule has 2 aromatic rings. The zero-order valence-corrected chi connectivity index (χ0v) is 12.5. The molecule has 4 rings (SSSR count). The molecule has 0 amide bonds. The smallest absolute Gasteiger partial charge is 0.119 e. The minimum absolute atomic E-state index is 0.606. The van der Waals surface area contributed by atoms with Crippen LogP contribution in [0, 0.1) is 0 Å². The fraction of sp³-hybridized carbons (Fsp3) is 0.529. The summed E-state index contributed by atoms with van der Waals surface area (Å²) in [4.78, 5) is 2.60. The van der Waals surface area contributed by atoms with Crippen molar-refractivity contribution < 1.29 is 9.47 Å². The molecular formula is C17H22N2O2. The molecule has 0 spiro atoms. The van der Waals surface area contributed by atoms with Crippen molar-refractivity contribution in [3.05, 3.63) is 30.5 Å². The summed E-state index contributed by atoms with van der Waals surface area (Å²) in [7, 11) is 1.72. The number of ether oxygens (including phenoxy) is 2. The second kappa shape index (κ2) is 5.35. The summed E-state index contributed by atoms with van der Waals surface area (Å²) in [6, 6.07) is 9.84. The molecule has 2 heterocycles. The molecule has 1 saturated heterocycles. The number of hydrogen-bond acceptors (Lipinski definition) is 3. The molecule has 4 nitrogen and oxygen atoms in total. The molecular weight excluding hydrogens is 264 g/mol. The molecule has 21 heavy (non-hydrogen) atoms. The van der Waals surface area contributed by atoms with Gasteiger partial charge in [0.15, 0.2) is 0 Å². The molecule has 0 radical (unpaired) electrons. The van der Waals surface area contributed by atoms with Gasteiger partial charge in [0.25, 0.3) is 0 Å². The summed E-state index contributed by atoms with van der Waals surface area (Å²) in [5.41, 5.74) is 1.32. The summed E-state index contributed by atoms with van der Waals surface area (Å²) in [5.74, 6) is 0.929. The van der Waals surface area contributed by atoms with E-state index < -0.39 is 0 Å². The molecule has 2 aliphatic rings. The third-order valence-corrected chi connectivity index (χ3v) is 5.00. The van der Waals surface area contributed by atoms with Crippen LogP contribution in [0.1, 0.15) is 18.9 Å². The maximum Gasteiger partial charge on any atom is 0.119 e. The van der Waals surface area contributed by atoms with Gasteiger partial charge in [-0.05, 0) is 37.1 Å². The van der Waals surface area contributed by atoms with Gasteiger partial charge >= 0.3 is 0 Å². The van der Waals surface area contributed by atoms with Crippen LogP contribution in [0.2, 0.25) is 0 Å². The molecule has 1 aromatic heterocycles. The van der Waals surface area contributed by atoms with Gasteiger partial charge in [0.05, 0.1) is 20.3 Å². The fourth-order valence-electron chi connectivity index (χ4n) is 3.68. The van der Waals surface area contributed by atoms with Gasteiger partial charge in [-0.2, -0.15) is 0 Å². The highest BCUT2D eigenvalue weighted by molar-refractivity contribution is 5.81. The number of rotatable bonds is 3. The molecule has 4 heteroatoms. The van der Waals surface area contributed by atoms with Crippen LogP contribution < -0.4 is 4.74 Å². The average Bonchev–Trinajstić information content (AvgIpc) is 2.90. The number of methoxy groups -OCH3 is 1. The summed E-state index contributed by atoms with van der Waals surface area (Å²) in [6.07, 6.45) is 4.82.